The third-order valence-electron chi connectivity index (χ3n) is 5.37. The maximum absolute atomic E-state index is 12.7. The number of fused-ring (bicyclic) bond motifs is 1. The van der Waals surface area contributed by atoms with Gasteiger partial charge < -0.3 is 4.98 Å². The molecule has 0 aliphatic carbocycles. The largest absolute Gasteiger partial charge is 0.343 e. The number of nitrogens with zero attached hydrogens (tertiary/aromatic N) is 1. The fourth-order valence-corrected chi connectivity index (χ4v) is 6.72. The normalized spacial score (nSPS) is 19.4. The molecular weight excluding hydrogens is 422 g/mol. The summed E-state index contributed by atoms with van der Waals surface area (Å²) in [5.74, 6) is -0.132. The zero-order valence-electron chi connectivity index (χ0n) is 17.1. The van der Waals surface area contributed by atoms with E-state index in [9.17, 15) is 16.8 Å². The summed E-state index contributed by atoms with van der Waals surface area (Å²) in [6.45, 7) is 6.37. The van der Waals surface area contributed by atoms with Crippen LogP contribution in [0.1, 0.15) is 32.9 Å². The Morgan fingerprint density at radius 2 is 1.83 bits per heavy atom. The molecule has 3 heterocycles. The van der Waals surface area contributed by atoms with Crippen LogP contribution in [0.5, 0.6) is 0 Å². The molecule has 1 aliphatic heterocycles. The number of aromatic amines is 1. The van der Waals surface area contributed by atoms with E-state index in [1.165, 1.54) is 0 Å². The number of sulfonamides is 1. The molecule has 160 valence electrons. The molecular formula is C21H25N3O4S2. The number of pyridine rings is 1. The van der Waals surface area contributed by atoms with Gasteiger partial charge in [-0.25, -0.2) is 26.5 Å². The third-order valence-corrected chi connectivity index (χ3v) is 8.67. The summed E-state index contributed by atoms with van der Waals surface area (Å²) in [4.78, 5) is 7.90. The molecule has 2 N–H and O–H groups in total. The van der Waals surface area contributed by atoms with Gasteiger partial charge in [-0.15, -0.1) is 0 Å². The standard InChI is InChI=1S/C21H25N3O4S2/c1-21(2,3)19-12-18-17(8-10-22-20(18)23-19)14-4-6-16(7-5-14)30(27,28)24-15-9-11-29(25,26)13-15/h4-8,10,12,15,24H,9,11,13H2,1-3H3,(H,22,23). The van der Waals surface area contributed by atoms with Gasteiger partial charge in [-0.05, 0) is 41.8 Å². The first-order valence-corrected chi connectivity index (χ1v) is 13.1. The first-order chi connectivity index (χ1) is 13.9. The van der Waals surface area contributed by atoms with E-state index in [0.717, 1.165) is 27.9 Å². The highest BCUT2D eigenvalue weighted by Crippen LogP contribution is 2.32. The Bertz CT molecular complexity index is 1300. The second-order valence-corrected chi connectivity index (χ2v) is 12.7. The van der Waals surface area contributed by atoms with Crippen LogP contribution in [0.15, 0.2) is 47.5 Å². The van der Waals surface area contributed by atoms with Gasteiger partial charge in [0.15, 0.2) is 9.84 Å². The van der Waals surface area contributed by atoms with Gasteiger partial charge in [0.25, 0.3) is 0 Å². The van der Waals surface area contributed by atoms with Crippen LogP contribution in [-0.4, -0.2) is 44.4 Å². The van der Waals surface area contributed by atoms with Crippen molar-refractivity contribution in [2.75, 3.05) is 11.5 Å². The van der Waals surface area contributed by atoms with Crippen LogP contribution >= 0.6 is 0 Å². The highest BCUT2D eigenvalue weighted by atomic mass is 32.2. The van der Waals surface area contributed by atoms with E-state index in [0.29, 0.717) is 6.42 Å². The smallest absolute Gasteiger partial charge is 0.240 e. The SMILES string of the molecule is CC(C)(C)c1cc2c(-c3ccc(S(=O)(=O)NC4CCS(=O)(=O)C4)cc3)ccnc2[nH]1. The van der Waals surface area contributed by atoms with Crippen molar-refractivity contribution in [3.8, 4) is 11.1 Å². The first kappa shape index (κ1) is 21.0. The summed E-state index contributed by atoms with van der Waals surface area (Å²) in [6, 6.07) is 10.0. The van der Waals surface area contributed by atoms with Crippen LogP contribution in [0.3, 0.4) is 0 Å². The van der Waals surface area contributed by atoms with Crippen molar-refractivity contribution >= 4 is 30.9 Å². The second kappa shape index (κ2) is 7.18. The number of aromatic nitrogens is 2. The molecule has 0 spiro atoms. The molecule has 1 aliphatic rings. The lowest BCUT2D eigenvalue weighted by atomic mass is 9.92. The van der Waals surface area contributed by atoms with Gasteiger partial charge in [-0.3, -0.25) is 0 Å². The number of benzene rings is 1. The molecule has 1 fully saturated rings. The quantitative estimate of drug-likeness (QED) is 0.639. The van der Waals surface area contributed by atoms with Crippen molar-refractivity contribution in [2.45, 2.75) is 43.5 Å². The van der Waals surface area contributed by atoms with Crippen molar-refractivity contribution in [1.82, 2.24) is 14.7 Å². The summed E-state index contributed by atoms with van der Waals surface area (Å²) in [6.07, 6.45) is 2.03. The fourth-order valence-electron chi connectivity index (χ4n) is 3.67. The number of nitrogens with one attached hydrogen (secondary N) is 2. The highest BCUT2D eigenvalue weighted by Gasteiger charge is 2.31. The number of hydrogen-bond acceptors (Lipinski definition) is 5. The number of H-pyrrole nitrogens is 1. The lowest BCUT2D eigenvalue weighted by Crippen LogP contribution is -2.35. The maximum Gasteiger partial charge on any atom is 0.240 e. The zero-order chi connectivity index (χ0) is 21.7. The molecule has 7 nitrogen and oxygen atoms in total. The minimum Gasteiger partial charge on any atom is -0.343 e. The van der Waals surface area contributed by atoms with Crippen molar-refractivity contribution in [3.63, 3.8) is 0 Å². The van der Waals surface area contributed by atoms with E-state index >= 15 is 0 Å². The van der Waals surface area contributed by atoms with Gasteiger partial charge in [0.1, 0.15) is 5.65 Å². The predicted octanol–water partition coefficient (Wildman–Crippen LogP) is 2.99. The highest BCUT2D eigenvalue weighted by molar-refractivity contribution is 7.92. The minimum absolute atomic E-state index is 0.0182. The molecule has 1 atom stereocenters. The van der Waals surface area contributed by atoms with E-state index in [4.69, 9.17) is 0 Å². The van der Waals surface area contributed by atoms with Gasteiger partial charge in [0.2, 0.25) is 10.0 Å². The van der Waals surface area contributed by atoms with Gasteiger partial charge in [0, 0.05) is 28.7 Å². The van der Waals surface area contributed by atoms with Gasteiger partial charge in [0.05, 0.1) is 16.4 Å². The number of rotatable bonds is 4. The van der Waals surface area contributed by atoms with Crippen LogP contribution in [-0.2, 0) is 25.3 Å². The third kappa shape index (κ3) is 4.14. The van der Waals surface area contributed by atoms with Crippen molar-refractivity contribution in [2.24, 2.45) is 0 Å². The van der Waals surface area contributed by atoms with E-state index in [2.05, 4.69) is 41.5 Å². The van der Waals surface area contributed by atoms with Crippen molar-refractivity contribution < 1.29 is 16.8 Å². The minimum atomic E-state index is -3.78. The van der Waals surface area contributed by atoms with Crippen LogP contribution in [0.2, 0.25) is 0 Å². The summed E-state index contributed by atoms with van der Waals surface area (Å²) in [5.41, 5.74) is 3.66. The Morgan fingerprint density at radius 1 is 1.13 bits per heavy atom. The summed E-state index contributed by atoms with van der Waals surface area (Å²) in [5, 5.41) is 0.979. The molecule has 0 bridgehead atoms. The van der Waals surface area contributed by atoms with E-state index in [1.54, 1.807) is 30.5 Å². The summed E-state index contributed by atoms with van der Waals surface area (Å²) >= 11 is 0. The van der Waals surface area contributed by atoms with E-state index < -0.39 is 25.9 Å². The lowest BCUT2D eigenvalue weighted by molar-refractivity contribution is 0.562. The Hall–Kier alpha value is -2.23. The molecule has 4 rings (SSSR count). The van der Waals surface area contributed by atoms with Crippen molar-refractivity contribution in [1.29, 1.82) is 0 Å². The Morgan fingerprint density at radius 3 is 2.43 bits per heavy atom. The Labute approximate surface area is 176 Å². The second-order valence-electron chi connectivity index (χ2n) is 8.80. The number of sulfone groups is 1. The van der Waals surface area contributed by atoms with E-state index in [1.807, 2.05) is 6.07 Å². The van der Waals surface area contributed by atoms with Crippen molar-refractivity contribution in [3.05, 3.63) is 48.3 Å². The number of hydrogen-bond donors (Lipinski definition) is 2. The Balaban J connectivity index is 1.63. The summed E-state index contributed by atoms with van der Waals surface area (Å²) < 4.78 is 51.0. The molecule has 3 aromatic rings. The molecule has 9 heteroatoms. The van der Waals surface area contributed by atoms with Crippen LogP contribution in [0.25, 0.3) is 22.2 Å². The topological polar surface area (TPSA) is 109 Å². The van der Waals surface area contributed by atoms with E-state index in [-0.39, 0.29) is 21.8 Å². The summed E-state index contributed by atoms with van der Waals surface area (Å²) in [7, 11) is -6.94. The molecule has 30 heavy (non-hydrogen) atoms. The van der Waals surface area contributed by atoms with Gasteiger partial charge in [-0.1, -0.05) is 32.9 Å². The average molecular weight is 448 g/mol. The van der Waals surface area contributed by atoms with Gasteiger partial charge in [-0.2, -0.15) is 0 Å². The lowest BCUT2D eigenvalue weighted by Gasteiger charge is -2.15. The first-order valence-electron chi connectivity index (χ1n) is 9.76. The van der Waals surface area contributed by atoms with Gasteiger partial charge >= 0.3 is 0 Å². The molecule has 1 saturated heterocycles. The Kier molecular flexibility index (Phi) is 5.03. The molecule has 0 radical (unpaired) electrons. The average Bonchev–Trinajstić information content (AvgIpc) is 3.24. The molecule has 0 saturated carbocycles. The monoisotopic (exact) mass is 447 g/mol. The molecule has 1 unspecified atom stereocenters. The van der Waals surface area contributed by atoms with Crippen LogP contribution < -0.4 is 4.72 Å². The zero-order valence-corrected chi connectivity index (χ0v) is 18.8. The predicted molar refractivity (Wildman–Crippen MR) is 118 cm³/mol. The maximum atomic E-state index is 12.7. The molecule has 2 aromatic heterocycles. The molecule has 0 amide bonds. The molecule has 1 aromatic carbocycles. The van der Waals surface area contributed by atoms with Crippen LogP contribution in [0.4, 0.5) is 0 Å². The fraction of sp³-hybridized carbons (Fsp3) is 0.381. The van der Waals surface area contributed by atoms with Crippen LogP contribution in [0, 0.1) is 0 Å².